The minimum atomic E-state index is -0.166. The van der Waals surface area contributed by atoms with E-state index < -0.39 is 0 Å². The molecule has 0 atom stereocenters. The first-order valence-corrected chi connectivity index (χ1v) is 10.9. The van der Waals surface area contributed by atoms with Crippen LogP contribution in [0.15, 0.2) is 59.4 Å². The summed E-state index contributed by atoms with van der Waals surface area (Å²) < 4.78 is 7.44. The summed E-state index contributed by atoms with van der Waals surface area (Å²) >= 11 is 3.28. The van der Waals surface area contributed by atoms with Crippen molar-refractivity contribution in [2.75, 3.05) is 11.9 Å². The highest BCUT2D eigenvalue weighted by Gasteiger charge is 2.20. The van der Waals surface area contributed by atoms with Crippen LogP contribution in [0.4, 0.5) is 5.69 Å². The molecule has 6 rings (SSSR count). The molecule has 1 N–H and O–H groups in total. The van der Waals surface area contributed by atoms with Crippen molar-refractivity contribution in [1.82, 2.24) is 19.6 Å². The van der Waals surface area contributed by atoms with Crippen LogP contribution < -0.4 is 10.1 Å². The predicted octanol–water partition coefficient (Wildman–Crippen LogP) is 4.58. The van der Waals surface area contributed by atoms with E-state index in [0.29, 0.717) is 17.2 Å². The smallest absolute Gasteiger partial charge is 0.262 e. The molecule has 1 amide bonds. The molecule has 5 heterocycles. The van der Waals surface area contributed by atoms with Crippen molar-refractivity contribution in [3.05, 3.63) is 59.4 Å². The van der Waals surface area contributed by atoms with Crippen LogP contribution in [0.2, 0.25) is 0 Å². The number of hydrogen-bond acceptors (Lipinski definition) is 7. The minimum absolute atomic E-state index is 0.0337. The molecule has 4 aromatic heterocycles. The van der Waals surface area contributed by atoms with E-state index in [4.69, 9.17) is 4.74 Å². The van der Waals surface area contributed by atoms with Gasteiger partial charge in [-0.25, -0.2) is 4.98 Å². The number of aromatic nitrogens is 4. The Morgan fingerprint density at radius 3 is 2.67 bits per heavy atom. The molecule has 9 heteroatoms. The van der Waals surface area contributed by atoms with Crippen LogP contribution in [0, 0.1) is 0 Å². The van der Waals surface area contributed by atoms with Crippen molar-refractivity contribution in [3.63, 3.8) is 0 Å². The van der Waals surface area contributed by atoms with Gasteiger partial charge in [0.2, 0.25) is 0 Å². The van der Waals surface area contributed by atoms with Crippen LogP contribution in [0.25, 0.3) is 38.2 Å². The monoisotopic (exact) mass is 431 g/mol. The Labute approximate surface area is 178 Å². The molecule has 0 fully saturated rings. The quantitative estimate of drug-likeness (QED) is 0.452. The summed E-state index contributed by atoms with van der Waals surface area (Å²) in [6.07, 6.45) is 1.96. The van der Waals surface area contributed by atoms with E-state index in [1.54, 1.807) is 22.7 Å². The lowest BCUT2D eigenvalue weighted by atomic mass is 10.1. The molecule has 0 unspecified atom stereocenters. The van der Waals surface area contributed by atoms with Gasteiger partial charge in [0.1, 0.15) is 11.4 Å². The maximum Gasteiger partial charge on any atom is 0.262 e. The summed E-state index contributed by atoms with van der Waals surface area (Å²) in [5.74, 6) is 1.01. The lowest BCUT2D eigenvalue weighted by Gasteiger charge is -2.18. The van der Waals surface area contributed by atoms with Crippen LogP contribution >= 0.6 is 22.7 Å². The Kier molecular flexibility index (Phi) is 3.90. The van der Waals surface area contributed by atoms with Gasteiger partial charge in [-0.15, -0.1) is 32.9 Å². The van der Waals surface area contributed by atoms with E-state index in [0.717, 1.165) is 32.4 Å². The second-order valence-electron chi connectivity index (χ2n) is 6.70. The SMILES string of the molecule is O=C1COc2ccc(-c3cn4c(-c5cccs5)c(-c5cccs5)nnc4n3)cc2N1. The number of rotatable bonds is 3. The number of fused-ring (bicyclic) bond motifs is 2. The van der Waals surface area contributed by atoms with Crippen molar-refractivity contribution in [2.45, 2.75) is 0 Å². The molecule has 5 aromatic rings. The maximum atomic E-state index is 11.7. The number of benzene rings is 1. The zero-order valence-corrected chi connectivity index (χ0v) is 17.0. The molecule has 7 nitrogen and oxygen atoms in total. The molecular formula is C21H13N5O2S2. The van der Waals surface area contributed by atoms with E-state index in [-0.39, 0.29) is 12.5 Å². The zero-order chi connectivity index (χ0) is 20.1. The fraction of sp³-hybridized carbons (Fsp3) is 0.0476. The van der Waals surface area contributed by atoms with Gasteiger partial charge in [0.25, 0.3) is 11.7 Å². The first-order valence-electron chi connectivity index (χ1n) is 9.17. The Bertz CT molecular complexity index is 1390. The number of imidazole rings is 1. The van der Waals surface area contributed by atoms with Gasteiger partial charge < -0.3 is 10.1 Å². The van der Waals surface area contributed by atoms with Crippen molar-refractivity contribution in [2.24, 2.45) is 0 Å². The van der Waals surface area contributed by atoms with E-state index in [2.05, 4.69) is 26.6 Å². The molecule has 0 spiro atoms. The highest BCUT2D eigenvalue weighted by atomic mass is 32.1. The van der Waals surface area contributed by atoms with Gasteiger partial charge in [-0.3, -0.25) is 9.20 Å². The summed E-state index contributed by atoms with van der Waals surface area (Å²) in [5.41, 5.74) is 4.04. The molecule has 0 aliphatic carbocycles. The topological polar surface area (TPSA) is 81.4 Å². The maximum absolute atomic E-state index is 11.7. The van der Waals surface area contributed by atoms with Crippen molar-refractivity contribution >= 4 is 40.0 Å². The molecule has 1 aliphatic rings. The third-order valence-electron chi connectivity index (χ3n) is 4.81. The standard InChI is InChI=1S/C21H13N5O2S2/c27-18-11-28-15-6-5-12(9-13(15)22-18)14-10-26-20(17-4-2-8-30-17)19(16-3-1-7-29-16)24-25-21(26)23-14/h1-10H,11H2,(H,22,27). The normalized spacial score (nSPS) is 13.1. The van der Waals surface area contributed by atoms with Gasteiger partial charge in [-0.1, -0.05) is 12.1 Å². The Morgan fingerprint density at radius 1 is 1.03 bits per heavy atom. The highest BCUT2D eigenvalue weighted by molar-refractivity contribution is 7.14. The molecule has 30 heavy (non-hydrogen) atoms. The first-order chi connectivity index (χ1) is 14.8. The van der Waals surface area contributed by atoms with Crippen LogP contribution in [-0.4, -0.2) is 32.1 Å². The van der Waals surface area contributed by atoms with Crippen LogP contribution in [0.5, 0.6) is 5.75 Å². The molecule has 1 aliphatic heterocycles. The largest absolute Gasteiger partial charge is 0.482 e. The van der Waals surface area contributed by atoms with Gasteiger partial charge in [-0.2, -0.15) is 0 Å². The van der Waals surface area contributed by atoms with Gasteiger partial charge in [0, 0.05) is 11.8 Å². The number of amides is 1. The van der Waals surface area contributed by atoms with Gasteiger partial charge >= 0.3 is 0 Å². The third kappa shape index (κ3) is 2.78. The van der Waals surface area contributed by atoms with E-state index >= 15 is 0 Å². The van der Waals surface area contributed by atoms with E-state index in [1.807, 2.05) is 57.8 Å². The zero-order valence-electron chi connectivity index (χ0n) is 15.4. The molecular weight excluding hydrogens is 418 g/mol. The van der Waals surface area contributed by atoms with Gasteiger partial charge in [0.05, 0.1) is 26.8 Å². The highest BCUT2D eigenvalue weighted by Crippen LogP contribution is 2.37. The first kappa shape index (κ1) is 17.3. The number of carbonyl (C=O) groups excluding carboxylic acids is 1. The number of thiophene rings is 2. The second kappa shape index (κ2) is 6.75. The van der Waals surface area contributed by atoms with Crippen molar-refractivity contribution in [3.8, 4) is 38.1 Å². The number of hydrogen-bond donors (Lipinski definition) is 1. The van der Waals surface area contributed by atoms with Gasteiger partial charge in [0.15, 0.2) is 6.61 Å². The molecule has 0 saturated carbocycles. The molecule has 0 bridgehead atoms. The van der Waals surface area contributed by atoms with E-state index in [1.165, 1.54) is 0 Å². The Morgan fingerprint density at radius 2 is 1.87 bits per heavy atom. The number of nitrogens with zero attached hydrogens (tertiary/aromatic N) is 4. The summed E-state index contributed by atoms with van der Waals surface area (Å²) in [6.45, 7) is 0.0337. The third-order valence-corrected chi connectivity index (χ3v) is 6.56. The van der Waals surface area contributed by atoms with Crippen LogP contribution in [0.1, 0.15) is 0 Å². The summed E-state index contributed by atoms with van der Waals surface area (Å²) in [5, 5.41) is 15.8. The summed E-state index contributed by atoms with van der Waals surface area (Å²) in [6, 6.07) is 13.8. The molecule has 0 radical (unpaired) electrons. The lowest BCUT2D eigenvalue weighted by Crippen LogP contribution is -2.25. The van der Waals surface area contributed by atoms with E-state index in [9.17, 15) is 4.79 Å². The molecule has 146 valence electrons. The van der Waals surface area contributed by atoms with Crippen molar-refractivity contribution < 1.29 is 9.53 Å². The molecule has 1 aromatic carbocycles. The van der Waals surface area contributed by atoms with Crippen LogP contribution in [0.3, 0.4) is 0 Å². The average molecular weight is 432 g/mol. The number of ether oxygens (including phenoxy) is 1. The van der Waals surface area contributed by atoms with Crippen LogP contribution in [-0.2, 0) is 4.79 Å². The lowest BCUT2D eigenvalue weighted by molar-refractivity contribution is -0.118. The summed E-state index contributed by atoms with van der Waals surface area (Å²) in [4.78, 5) is 18.5. The minimum Gasteiger partial charge on any atom is -0.482 e. The van der Waals surface area contributed by atoms with Gasteiger partial charge in [-0.05, 0) is 41.1 Å². The summed E-state index contributed by atoms with van der Waals surface area (Å²) in [7, 11) is 0. The predicted molar refractivity (Wildman–Crippen MR) is 117 cm³/mol. The average Bonchev–Trinajstić information content (AvgIpc) is 3.53. The Balaban J connectivity index is 1.54. The number of carbonyl (C=O) groups is 1. The fourth-order valence-corrected chi connectivity index (χ4v) is 4.95. The van der Waals surface area contributed by atoms with Crippen molar-refractivity contribution in [1.29, 1.82) is 0 Å². The Hall–Kier alpha value is -3.56. The fourth-order valence-electron chi connectivity index (χ4n) is 3.47. The number of nitrogens with one attached hydrogen (secondary N) is 1. The molecule has 0 saturated heterocycles. The number of anilines is 1. The second-order valence-corrected chi connectivity index (χ2v) is 8.59.